The summed E-state index contributed by atoms with van der Waals surface area (Å²) in [6.45, 7) is 22.4. The number of fused-ring (bicyclic) bond motifs is 7. The van der Waals surface area contributed by atoms with E-state index >= 15 is 0 Å². The van der Waals surface area contributed by atoms with Gasteiger partial charge in [0.2, 0.25) is 11.8 Å². The minimum atomic E-state index is -0.250. The zero-order valence-electron chi connectivity index (χ0n) is 28.7. The second-order valence-corrected chi connectivity index (χ2v) is 17.4. The van der Waals surface area contributed by atoms with Crippen molar-refractivity contribution in [3.63, 3.8) is 0 Å². The molecule has 5 nitrogen and oxygen atoms in total. The van der Waals surface area contributed by atoms with Crippen molar-refractivity contribution < 1.29 is 14.7 Å². The van der Waals surface area contributed by atoms with Gasteiger partial charge in [-0.2, -0.15) is 0 Å². The van der Waals surface area contributed by atoms with E-state index in [1.165, 1.54) is 31.3 Å². The molecule has 244 valence electrons. The van der Waals surface area contributed by atoms with Gasteiger partial charge in [0.25, 0.3) is 0 Å². The molecule has 10 atom stereocenters. The van der Waals surface area contributed by atoms with Crippen LogP contribution in [0.1, 0.15) is 138 Å². The molecule has 5 rings (SSSR count). The van der Waals surface area contributed by atoms with Crippen molar-refractivity contribution >= 4 is 11.8 Å². The van der Waals surface area contributed by atoms with Crippen LogP contribution in [0.15, 0.2) is 12.2 Å². The monoisotopic (exact) mass is 596 g/mol. The Hall–Kier alpha value is -1.36. The lowest BCUT2D eigenvalue weighted by molar-refractivity contribution is -0.246. The molecule has 5 aliphatic rings. The minimum Gasteiger partial charge on any atom is -0.393 e. The van der Waals surface area contributed by atoms with Crippen LogP contribution in [0.25, 0.3) is 0 Å². The fourth-order valence-electron chi connectivity index (χ4n) is 12.8. The number of hydrogen-bond donors (Lipinski definition) is 3. The number of unbranched alkanes of at least 4 members (excludes halogenated alkanes) is 3. The molecule has 5 saturated carbocycles. The molecule has 0 spiro atoms. The average Bonchev–Trinajstić information content (AvgIpc) is 3.34. The van der Waals surface area contributed by atoms with E-state index in [1.807, 2.05) is 0 Å². The number of carbonyl (C=O) groups excluding carboxylic acids is 2. The topological polar surface area (TPSA) is 78.4 Å². The zero-order valence-corrected chi connectivity index (χ0v) is 28.7. The molecule has 3 N–H and O–H groups in total. The van der Waals surface area contributed by atoms with E-state index < -0.39 is 0 Å². The Balaban J connectivity index is 1.34. The van der Waals surface area contributed by atoms with Crippen molar-refractivity contribution in [2.45, 2.75) is 144 Å². The lowest BCUT2D eigenvalue weighted by Crippen LogP contribution is -2.67. The maximum absolute atomic E-state index is 14.3. The summed E-state index contributed by atoms with van der Waals surface area (Å²) in [7, 11) is 0. The highest BCUT2D eigenvalue weighted by Gasteiger charge is 2.71. The number of allylic oxidation sites excluding steroid dienone is 1. The Morgan fingerprint density at radius 3 is 2.07 bits per heavy atom. The Bertz CT molecular complexity index is 1090. The van der Waals surface area contributed by atoms with Gasteiger partial charge in [0, 0.05) is 20.0 Å². The van der Waals surface area contributed by atoms with Crippen LogP contribution in [0.3, 0.4) is 0 Å². The van der Waals surface area contributed by atoms with Crippen LogP contribution in [0.5, 0.6) is 0 Å². The van der Waals surface area contributed by atoms with Gasteiger partial charge in [-0.15, -0.1) is 0 Å². The molecule has 0 aromatic carbocycles. The first-order chi connectivity index (χ1) is 20.1. The summed E-state index contributed by atoms with van der Waals surface area (Å²) < 4.78 is 0. The van der Waals surface area contributed by atoms with Crippen LogP contribution in [0.4, 0.5) is 0 Å². The third-order valence-electron chi connectivity index (χ3n) is 15.3. The zero-order chi connectivity index (χ0) is 31.4. The third kappa shape index (κ3) is 5.14. The first-order valence-electron chi connectivity index (χ1n) is 18.0. The molecule has 0 saturated heterocycles. The van der Waals surface area contributed by atoms with Crippen molar-refractivity contribution in [1.82, 2.24) is 10.6 Å². The van der Waals surface area contributed by atoms with Crippen molar-refractivity contribution in [1.29, 1.82) is 0 Å². The van der Waals surface area contributed by atoms with Crippen molar-refractivity contribution in [2.75, 3.05) is 13.1 Å². The maximum atomic E-state index is 14.3. The van der Waals surface area contributed by atoms with E-state index in [0.717, 1.165) is 77.3 Å². The summed E-state index contributed by atoms with van der Waals surface area (Å²) in [5, 5.41) is 17.4. The van der Waals surface area contributed by atoms with E-state index in [-0.39, 0.29) is 39.1 Å². The number of aliphatic hydroxyl groups is 1. The molecule has 2 amide bonds. The van der Waals surface area contributed by atoms with Crippen molar-refractivity contribution in [3.05, 3.63) is 12.2 Å². The summed E-state index contributed by atoms with van der Waals surface area (Å²) >= 11 is 0. The first-order valence-corrected chi connectivity index (χ1v) is 18.0. The molecule has 5 fully saturated rings. The van der Waals surface area contributed by atoms with E-state index in [1.54, 1.807) is 6.92 Å². The van der Waals surface area contributed by atoms with Gasteiger partial charge < -0.3 is 15.7 Å². The fourth-order valence-corrected chi connectivity index (χ4v) is 12.8. The van der Waals surface area contributed by atoms with Crippen molar-refractivity contribution in [2.24, 2.45) is 56.7 Å². The number of amides is 2. The largest absolute Gasteiger partial charge is 0.393 e. The van der Waals surface area contributed by atoms with Gasteiger partial charge in [0.15, 0.2) is 0 Å². The summed E-state index contributed by atoms with van der Waals surface area (Å²) in [5.41, 5.74) is 1.79. The van der Waals surface area contributed by atoms with E-state index in [0.29, 0.717) is 35.5 Å². The molecule has 0 aromatic rings. The molecule has 5 aliphatic carbocycles. The molecule has 0 radical (unpaired) electrons. The highest BCUT2D eigenvalue weighted by molar-refractivity contribution is 5.84. The lowest BCUT2D eigenvalue weighted by atomic mass is 9.32. The molecular weight excluding hydrogens is 532 g/mol. The van der Waals surface area contributed by atoms with Gasteiger partial charge in [-0.3, -0.25) is 9.59 Å². The molecule has 43 heavy (non-hydrogen) atoms. The molecule has 2 unspecified atom stereocenters. The van der Waals surface area contributed by atoms with Crippen LogP contribution in [-0.2, 0) is 9.59 Å². The van der Waals surface area contributed by atoms with Crippen LogP contribution < -0.4 is 10.6 Å². The number of aliphatic hydroxyl groups excluding tert-OH is 1. The average molecular weight is 597 g/mol. The summed E-state index contributed by atoms with van der Waals surface area (Å²) in [6.07, 6.45) is 15.3. The smallest absolute Gasteiger partial charge is 0.226 e. The first kappa shape index (κ1) is 33.0. The number of carbonyl (C=O) groups is 2. The Morgan fingerprint density at radius 2 is 1.42 bits per heavy atom. The second-order valence-electron chi connectivity index (χ2n) is 17.4. The number of hydrogen-bond acceptors (Lipinski definition) is 3. The van der Waals surface area contributed by atoms with Gasteiger partial charge in [-0.25, -0.2) is 0 Å². The van der Waals surface area contributed by atoms with Crippen LogP contribution in [0, 0.1) is 56.7 Å². The SMILES string of the molecule is C=C(C)[C@@H]1CC[C@]2(C(=O)NCCCCCCNC(C)=O)CC[C@]3(C)C(CC[C@@H]4[C@@]5(C)CC[C@H](O)C(C)(C)[C@@H]5CC[C@]43C)C12. The van der Waals surface area contributed by atoms with E-state index in [9.17, 15) is 14.7 Å². The Labute approximate surface area is 263 Å². The molecular formula is C38H64N2O3. The summed E-state index contributed by atoms with van der Waals surface area (Å²) in [4.78, 5) is 25.3. The predicted molar refractivity (Wildman–Crippen MR) is 175 cm³/mol. The quantitative estimate of drug-likeness (QED) is 0.188. The van der Waals surface area contributed by atoms with E-state index in [4.69, 9.17) is 0 Å². The highest BCUT2D eigenvalue weighted by atomic mass is 16.3. The second kappa shape index (κ2) is 11.8. The Kier molecular flexibility index (Phi) is 9.04. The minimum absolute atomic E-state index is 0.0200. The lowest BCUT2D eigenvalue weighted by Gasteiger charge is -2.72. The highest BCUT2D eigenvalue weighted by Crippen LogP contribution is 2.77. The van der Waals surface area contributed by atoms with Gasteiger partial charge in [0.1, 0.15) is 0 Å². The summed E-state index contributed by atoms with van der Waals surface area (Å²) in [5.74, 6) is 3.03. The standard InChI is InChI=1S/C38H64N2O3/c1-25(2)27-15-20-38(33(43)40-24-12-10-9-11-23-39-26(3)41)22-21-36(7)28(32(27)38)13-14-30-35(6)18-17-31(42)34(4,5)29(35)16-19-37(30,36)8/h27-32,42H,1,9-24H2,2-8H3,(H,39,41)(H,40,43)/t27-,28?,29-,30+,31-,32?,35-,36+,37+,38-/m0/s1. The normalized spacial score (nSPS) is 44.7. The Morgan fingerprint density at radius 1 is 0.744 bits per heavy atom. The predicted octanol–water partition coefficient (Wildman–Crippen LogP) is 7.82. The van der Waals surface area contributed by atoms with Crippen molar-refractivity contribution in [3.8, 4) is 0 Å². The number of nitrogens with one attached hydrogen (secondary N) is 2. The van der Waals surface area contributed by atoms with Gasteiger partial charge >= 0.3 is 0 Å². The number of rotatable bonds is 9. The summed E-state index contributed by atoms with van der Waals surface area (Å²) in [6, 6.07) is 0. The fraction of sp³-hybridized carbons (Fsp3) is 0.895. The van der Waals surface area contributed by atoms with Gasteiger partial charge in [-0.1, -0.05) is 59.6 Å². The van der Waals surface area contributed by atoms with Crippen LogP contribution in [0.2, 0.25) is 0 Å². The molecule has 0 aromatic heterocycles. The molecule has 0 heterocycles. The van der Waals surface area contributed by atoms with Gasteiger partial charge in [0.05, 0.1) is 11.5 Å². The maximum Gasteiger partial charge on any atom is 0.226 e. The molecule has 0 aliphatic heterocycles. The molecule has 0 bridgehead atoms. The van der Waals surface area contributed by atoms with Gasteiger partial charge in [-0.05, 0) is 135 Å². The van der Waals surface area contributed by atoms with Crippen LogP contribution in [-0.4, -0.2) is 36.1 Å². The van der Waals surface area contributed by atoms with E-state index in [2.05, 4.69) is 58.8 Å². The molecule has 5 heteroatoms. The third-order valence-corrected chi connectivity index (χ3v) is 15.3. The van der Waals surface area contributed by atoms with Crippen LogP contribution >= 0.6 is 0 Å².